The molecule has 6 rings (SSSR count). The molecule has 0 fully saturated rings. The molecule has 0 spiro atoms. The van der Waals surface area contributed by atoms with Crippen LogP contribution in [0.1, 0.15) is 43.4 Å². The number of fused-ring (bicyclic) bond motifs is 1. The van der Waals surface area contributed by atoms with Crippen molar-refractivity contribution in [1.82, 2.24) is 10.2 Å². The van der Waals surface area contributed by atoms with E-state index in [1.54, 1.807) is 24.3 Å². The van der Waals surface area contributed by atoms with Crippen molar-refractivity contribution in [3.05, 3.63) is 167 Å². The van der Waals surface area contributed by atoms with Crippen LogP contribution in [0.15, 0.2) is 140 Å². The first-order valence-corrected chi connectivity index (χ1v) is 14.1. The highest BCUT2D eigenvalue weighted by Gasteiger charge is 2.43. The molecule has 1 heterocycles. The van der Waals surface area contributed by atoms with Crippen molar-refractivity contribution < 1.29 is 14.4 Å². The van der Waals surface area contributed by atoms with Gasteiger partial charge in [-0.15, -0.1) is 0 Å². The number of carbonyl (C=O) groups excluding carboxylic acids is 3. The Morgan fingerprint density at radius 2 is 1.00 bits per heavy atom. The molecule has 0 radical (unpaired) electrons. The topological polar surface area (TPSA) is 66.5 Å². The Morgan fingerprint density at radius 3 is 1.55 bits per heavy atom. The van der Waals surface area contributed by atoms with E-state index in [2.05, 4.69) is 29.6 Å². The molecule has 5 heteroatoms. The maximum atomic E-state index is 14.2. The maximum absolute atomic E-state index is 14.2. The second-order valence-corrected chi connectivity index (χ2v) is 10.5. The van der Waals surface area contributed by atoms with Gasteiger partial charge < -0.3 is 5.32 Å². The van der Waals surface area contributed by atoms with Crippen molar-refractivity contribution in [3.63, 3.8) is 0 Å². The Morgan fingerprint density at radius 1 is 0.548 bits per heavy atom. The third kappa shape index (κ3) is 5.63. The van der Waals surface area contributed by atoms with Crippen LogP contribution in [-0.4, -0.2) is 28.7 Å². The van der Waals surface area contributed by atoms with Gasteiger partial charge in [0.25, 0.3) is 11.8 Å². The third-order valence-corrected chi connectivity index (χ3v) is 7.73. The lowest BCUT2D eigenvalue weighted by Crippen LogP contribution is -2.51. The van der Waals surface area contributed by atoms with Crippen molar-refractivity contribution >= 4 is 17.7 Å². The SMILES string of the molecule is O=C(N[C@H](Cc1ccccc1)c1ccc(-c2ccccc2)cc1)[C@@H](Cc1ccccc1)N1C(=O)c2ccccc2C1=O. The van der Waals surface area contributed by atoms with E-state index < -0.39 is 17.9 Å². The number of nitrogens with zero attached hydrogens (tertiary/aromatic N) is 1. The number of rotatable bonds is 9. The molecular weight excluding hydrogens is 520 g/mol. The van der Waals surface area contributed by atoms with Crippen molar-refractivity contribution in [2.24, 2.45) is 0 Å². The van der Waals surface area contributed by atoms with E-state index in [1.807, 2.05) is 91.0 Å². The summed E-state index contributed by atoms with van der Waals surface area (Å²) >= 11 is 0. The van der Waals surface area contributed by atoms with Crippen LogP contribution in [0.4, 0.5) is 0 Å². The lowest BCUT2D eigenvalue weighted by Gasteiger charge is -2.28. The first kappa shape index (κ1) is 26.9. The molecule has 2 atom stereocenters. The van der Waals surface area contributed by atoms with Crippen molar-refractivity contribution in [2.75, 3.05) is 0 Å². The fourth-order valence-electron chi connectivity index (χ4n) is 5.54. The van der Waals surface area contributed by atoms with Crippen LogP contribution in [0.25, 0.3) is 11.1 Å². The van der Waals surface area contributed by atoms with Gasteiger partial charge in [0.1, 0.15) is 6.04 Å². The molecule has 0 bridgehead atoms. The van der Waals surface area contributed by atoms with Crippen LogP contribution in [0.3, 0.4) is 0 Å². The highest BCUT2D eigenvalue weighted by molar-refractivity contribution is 6.22. The molecule has 0 saturated heterocycles. The average Bonchev–Trinajstić information content (AvgIpc) is 3.30. The predicted molar refractivity (Wildman–Crippen MR) is 164 cm³/mol. The van der Waals surface area contributed by atoms with Crippen molar-refractivity contribution in [1.29, 1.82) is 0 Å². The fourth-order valence-corrected chi connectivity index (χ4v) is 5.54. The van der Waals surface area contributed by atoms with E-state index in [0.29, 0.717) is 17.5 Å². The molecule has 1 aliphatic rings. The molecular formula is C37H30N2O3. The zero-order valence-electron chi connectivity index (χ0n) is 23.0. The summed E-state index contributed by atoms with van der Waals surface area (Å²) in [5, 5.41) is 3.22. The summed E-state index contributed by atoms with van der Waals surface area (Å²) < 4.78 is 0. The third-order valence-electron chi connectivity index (χ3n) is 7.73. The normalized spacial score (nSPS) is 13.9. The van der Waals surface area contributed by atoms with Crippen molar-refractivity contribution in [2.45, 2.75) is 24.9 Å². The van der Waals surface area contributed by atoms with Crippen LogP contribution < -0.4 is 5.32 Å². The summed E-state index contributed by atoms with van der Waals surface area (Å²) in [6, 6.07) is 43.1. The van der Waals surface area contributed by atoms with Gasteiger partial charge in [-0.05, 0) is 46.4 Å². The second kappa shape index (κ2) is 12.1. The molecule has 206 valence electrons. The van der Waals surface area contributed by atoms with Crippen LogP contribution in [-0.2, 0) is 17.6 Å². The average molecular weight is 551 g/mol. The largest absolute Gasteiger partial charge is 0.347 e. The number of benzene rings is 5. The van der Waals surface area contributed by atoms with Gasteiger partial charge >= 0.3 is 0 Å². The van der Waals surface area contributed by atoms with Crippen molar-refractivity contribution in [3.8, 4) is 11.1 Å². The first-order chi connectivity index (χ1) is 20.6. The molecule has 0 saturated carbocycles. The van der Waals surface area contributed by atoms with E-state index in [9.17, 15) is 14.4 Å². The van der Waals surface area contributed by atoms with Crippen LogP contribution in [0.2, 0.25) is 0 Å². The van der Waals surface area contributed by atoms with E-state index >= 15 is 0 Å². The van der Waals surface area contributed by atoms with E-state index in [4.69, 9.17) is 0 Å². The Bertz CT molecular complexity index is 1670. The smallest absolute Gasteiger partial charge is 0.262 e. The van der Waals surface area contributed by atoms with Gasteiger partial charge in [-0.25, -0.2) is 0 Å². The van der Waals surface area contributed by atoms with Crippen LogP contribution in [0.5, 0.6) is 0 Å². The Labute approximate surface area is 245 Å². The van der Waals surface area contributed by atoms with Gasteiger partial charge in [-0.2, -0.15) is 0 Å². The second-order valence-electron chi connectivity index (χ2n) is 10.5. The summed E-state index contributed by atoms with van der Waals surface area (Å²) in [5.74, 6) is -1.27. The number of hydrogen-bond acceptors (Lipinski definition) is 3. The van der Waals surface area contributed by atoms with Gasteiger partial charge in [-0.1, -0.05) is 127 Å². The van der Waals surface area contributed by atoms with Crippen LogP contribution in [0, 0.1) is 0 Å². The lowest BCUT2D eigenvalue weighted by molar-refractivity contribution is -0.125. The van der Waals surface area contributed by atoms with E-state index in [0.717, 1.165) is 32.7 Å². The summed E-state index contributed by atoms with van der Waals surface area (Å²) in [6.07, 6.45) is 0.764. The number of amides is 3. The van der Waals surface area contributed by atoms with Gasteiger partial charge in [0.05, 0.1) is 17.2 Å². The summed E-state index contributed by atoms with van der Waals surface area (Å²) in [7, 11) is 0. The maximum Gasteiger partial charge on any atom is 0.262 e. The molecule has 1 N–H and O–H groups in total. The van der Waals surface area contributed by atoms with E-state index in [1.165, 1.54) is 0 Å². The van der Waals surface area contributed by atoms with Gasteiger partial charge in [0, 0.05) is 6.42 Å². The van der Waals surface area contributed by atoms with E-state index in [-0.39, 0.29) is 18.4 Å². The predicted octanol–water partition coefficient (Wildman–Crippen LogP) is 6.66. The highest BCUT2D eigenvalue weighted by Crippen LogP contribution is 2.28. The molecule has 3 amide bonds. The molecule has 0 aliphatic carbocycles. The number of imide groups is 1. The fraction of sp³-hybridized carbons (Fsp3) is 0.108. The first-order valence-electron chi connectivity index (χ1n) is 14.1. The van der Waals surface area contributed by atoms with Gasteiger partial charge in [0.2, 0.25) is 5.91 Å². The minimum absolute atomic E-state index is 0.211. The number of carbonyl (C=O) groups is 3. The number of hydrogen-bond donors (Lipinski definition) is 1. The quantitative estimate of drug-likeness (QED) is 0.209. The minimum Gasteiger partial charge on any atom is -0.347 e. The summed E-state index contributed by atoms with van der Waals surface area (Å²) in [6.45, 7) is 0. The molecule has 0 unspecified atom stereocenters. The number of nitrogens with one attached hydrogen (secondary N) is 1. The summed E-state index contributed by atoms with van der Waals surface area (Å²) in [5.41, 5.74) is 5.71. The monoisotopic (exact) mass is 550 g/mol. The molecule has 5 nitrogen and oxygen atoms in total. The van der Waals surface area contributed by atoms with Crippen LogP contribution >= 0.6 is 0 Å². The molecule has 42 heavy (non-hydrogen) atoms. The Balaban J connectivity index is 1.33. The Kier molecular flexibility index (Phi) is 7.73. The minimum atomic E-state index is -1.01. The zero-order chi connectivity index (χ0) is 28.9. The standard InChI is InChI=1S/C37H30N2O3/c40-35(34(25-27-14-6-2-7-15-27)39-36(41)31-18-10-11-19-32(31)37(39)42)38-33(24-26-12-4-1-5-13-26)30-22-20-29(21-23-30)28-16-8-3-9-17-28/h1-23,33-34H,24-25H2,(H,38,40)/t33-,34-/m1/s1. The Hall–Kier alpha value is -5.29. The highest BCUT2D eigenvalue weighted by atomic mass is 16.2. The van der Waals surface area contributed by atoms with Gasteiger partial charge in [0.15, 0.2) is 0 Å². The molecule has 5 aromatic rings. The molecule has 1 aliphatic heterocycles. The molecule has 0 aromatic heterocycles. The zero-order valence-corrected chi connectivity index (χ0v) is 23.0. The summed E-state index contributed by atoms with van der Waals surface area (Å²) in [4.78, 5) is 42.3. The molecule has 5 aromatic carbocycles. The van der Waals surface area contributed by atoms with Gasteiger partial charge in [-0.3, -0.25) is 19.3 Å². The lowest BCUT2D eigenvalue weighted by atomic mass is 9.95.